The van der Waals surface area contributed by atoms with Gasteiger partial charge in [-0.05, 0) is 6.07 Å². The molecular weight excluding hydrogens is 318 g/mol. The van der Waals surface area contributed by atoms with Crippen molar-refractivity contribution in [3.63, 3.8) is 0 Å². The smallest absolute Gasteiger partial charge is 0.339 e. The summed E-state index contributed by atoms with van der Waals surface area (Å²) in [5.74, 6) is -1.62. The molecule has 0 atom stereocenters. The molecule has 3 rings (SSSR count). The SMILES string of the molecule is O=C(Nc1csc(-c2cnccn2)c1C(=O)O)c1ccnnc1. The Morgan fingerprint density at radius 2 is 2.00 bits per heavy atom. The second-order valence-corrected chi connectivity index (χ2v) is 5.21. The van der Waals surface area contributed by atoms with Crippen LogP contribution in [0.3, 0.4) is 0 Å². The Kier molecular flexibility index (Phi) is 4.02. The number of aromatic carboxylic acids is 1. The average Bonchev–Trinajstić information content (AvgIpc) is 3.00. The van der Waals surface area contributed by atoms with E-state index in [4.69, 9.17) is 0 Å². The first-order valence-corrected chi connectivity index (χ1v) is 7.24. The van der Waals surface area contributed by atoms with Crippen LogP contribution in [0.15, 0.2) is 42.4 Å². The molecule has 0 bridgehead atoms. The molecule has 3 aromatic rings. The third kappa shape index (κ3) is 3.04. The number of carboxylic acid groups (broad SMARTS) is 1. The van der Waals surface area contributed by atoms with Crippen LogP contribution in [0.25, 0.3) is 10.6 Å². The van der Waals surface area contributed by atoms with Crippen LogP contribution in [0, 0.1) is 0 Å². The predicted molar refractivity (Wildman–Crippen MR) is 82.3 cm³/mol. The number of amides is 1. The minimum atomic E-state index is -1.16. The van der Waals surface area contributed by atoms with E-state index in [2.05, 4.69) is 25.5 Å². The van der Waals surface area contributed by atoms with Crippen molar-refractivity contribution in [2.75, 3.05) is 5.32 Å². The second kappa shape index (κ2) is 6.28. The lowest BCUT2D eigenvalue weighted by molar-refractivity contribution is 0.0699. The molecule has 0 unspecified atom stereocenters. The number of carboxylic acids is 1. The molecule has 9 heteroatoms. The molecule has 3 heterocycles. The summed E-state index contributed by atoms with van der Waals surface area (Å²) in [4.78, 5) is 32.2. The largest absolute Gasteiger partial charge is 0.478 e. The van der Waals surface area contributed by atoms with Crippen LogP contribution < -0.4 is 5.32 Å². The number of hydrogen-bond donors (Lipinski definition) is 2. The Hall–Kier alpha value is -3.20. The number of aromatic nitrogens is 4. The fraction of sp³-hybridized carbons (Fsp3) is 0. The van der Waals surface area contributed by atoms with E-state index in [0.29, 0.717) is 10.6 Å². The van der Waals surface area contributed by atoms with Crippen LogP contribution in [0.2, 0.25) is 0 Å². The van der Waals surface area contributed by atoms with Gasteiger partial charge >= 0.3 is 5.97 Å². The van der Waals surface area contributed by atoms with Crippen molar-refractivity contribution in [2.24, 2.45) is 0 Å². The van der Waals surface area contributed by atoms with Gasteiger partial charge < -0.3 is 10.4 Å². The maximum atomic E-state index is 12.1. The number of nitrogens with one attached hydrogen (secondary N) is 1. The third-order valence-corrected chi connectivity index (χ3v) is 3.90. The minimum Gasteiger partial charge on any atom is -0.478 e. The number of carbonyl (C=O) groups excluding carboxylic acids is 1. The number of carbonyl (C=O) groups is 2. The molecule has 114 valence electrons. The van der Waals surface area contributed by atoms with E-state index in [-0.39, 0.29) is 16.8 Å². The van der Waals surface area contributed by atoms with E-state index in [0.717, 1.165) is 0 Å². The molecule has 1 amide bonds. The third-order valence-electron chi connectivity index (χ3n) is 2.90. The summed E-state index contributed by atoms with van der Waals surface area (Å²) in [6, 6.07) is 1.48. The van der Waals surface area contributed by atoms with E-state index in [1.165, 1.54) is 48.4 Å². The van der Waals surface area contributed by atoms with Crippen molar-refractivity contribution in [1.29, 1.82) is 0 Å². The van der Waals surface area contributed by atoms with Gasteiger partial charge in [-0.1, -0.05) is 0 Å². The Bertz CT molecular complexity index is 851. The molecule has 0 saturated carbocycles. The van der Waals surface area contributed by atoms with Gasteiger partial charge in [-0.25, -0.2) is 4.79 Å². The van der Waals surface area contributed by atoms with Gasteiger partial charge in [0.15, 0.2) is 0 Å². The Labute approximate surface area is 133 Å². The summed E-state index contributed by atoms with van der Waals surface area (Å²) in [6.45, 7) is 0. The quantitative estimate of drug-likeness (QED) is 0.751. The van der Waals surface area contributed by atoms with Crippen LogP contribution in [-0.2, 0) is 0 Å². The van der Waals surface area contributed by atoms with E-state index in [1.807, 2.05) is 0 Å². The number of thiophene rings is 1. The zero-order valence-electron chi connectivity index (χ0n) is 11.5. The highest BCUT2D eigenvalue weighted by Gasteiger charge is 2.22. The van der Waals surface area contributed by atoms with Crippen molar-refractivity contribution in [2.45, 2.75) is 0 Å². The lowest BCUT2D eigenvalue weighted by Crippen LogP contribution is -2.14. The summed E-state index contributed by atoms with van der Waals surface area (Å²) in [5.41, 5.74) is 0.889. The number of hydrogen-bond acceptors (Lipinski definition) is 7. The maximum absolute atomic E-state index is 12.1. The van der Waals surface area contributed by atoms with Crippen LogP contribution in [0.4, 0.5) is 5.69 Å². The maximum Gasteiger partial charge on any atom is 0.339 e. The highest BCUT2D eigenvalue weighted by Crippen LogP contribution is 2.34. The molecule has 3 aromatic heterocycles. The molecule has 0 fully saturated rings. The van der Waals surface area contributed by atoms with E-state index >= 15 is 0 Å². The highest BCUT2D eigenvalue weighted by atomic mass is 32.1. The molecule has 0 aliphatic carbocycles. The molecule has 0 saturated heterocycles. The van der Waals surface area contributed by atoms with Crippen molar-refractivity contribution < 1.29 is 14.7 Å². The second-order valence-electron chi connectivity index (χ2n) is 4.33. The van der Waals surface area contributed by atoms with Gasteiger partial charge in [0.2, 0.25) is 0 Å². The molecule has 23 heavy (non-hydrogen) atoms. The molecule has 8 nitrogen and oxygen atoms in total. The summed E-state index contributed by atoms with van der Waals surface area (Å²) < 4.78 is 0. The predicted octanol–water partition coefficient (Wildman–Crippen LogP) is 1.95. The summed E-state index contributed by atoms with van der Waals surface area (Å²) in [6.07, 6.45) is 7.12. The monoisotopic (exact) mass is 327 g/mol. The molecule has 0 aromatic carbocycles. The van der Waals surface area contributed by atoms with Gasteiger partial charge in [0.25, 0.3) is 5.91 Å². The molecule has 0 aliphatic heterocycles. The molecule has 0 radical (unpaired) electrons. The highest BCUT2D eigenvalue weighted by molar-refractivity contribution is 7.14. The zero-order chi connectivity index (χ0) is 16.2. The number of nitrogens with zero attached hydrogens (tertiary/aromatic N) is 4. The lowest BCUT2D eigenvalue weighted by atomic mass is 10.2. The first-order valence-electron chi connectivity index (χ1n) is 6.36. The van der Waals surface area contributed by atoms with E-state index in [9.17, 15) is 14.7 Å². The standard InChI is InChI=1S/C14H9N5O3S/c20-13(8-1-2-17-18-5-8)19-10-7-23-12(11(10)14(21)22)9-6-15-3-4-16-9/h1-7H,(H,19,20)(H,21,22). The first kappa shape index (κ1) is 14.7. The summed E-state index contributed by atoms with van der Waals surface area (Å²) in [7, 11) is 0. The van der Waals surface area contributed by atoms with Gasteiger partial charge in [0.1, 0.15) is 5.56 Å². The van der Waals surface area contributed by atoms with Crippen molar-refractivity contribution in [1.82, 2.24) is 20.2 Å². The van der Waals surface area contributed by atoms with Crippen molar-refractivity contribution in [3.05, 3.63) is 53.6 Å². The Morgan fingerprint density at radius 1 is 1.13 bits per heavy atom. The lowest BCUT2D eigenvalue weighted by Gasteiger charge is -2.05. The molecule has 2 N–H and O–H groups in total. The summed E-state index contributed by atoms with van der Waals surface area (Å²) >= 11 is 1.17. The van der Waals surface area contributed by atoms with Gasteiger partial charge in [0, 0.05) is 17.8 Å². The first-order chi connectivity index (χ1) is 11.2. The van der Waals surface area contributed by atoms with Crippen LogP contribution in [0.1, 0.15) is 20.7 Å². The van der Waals surface area contributed by atoms with Crippen LogP contribution in [0.5, 0.6) is 0 Å². The topological polar surface area (TPSA) is 118 Å². The van der Waals surface area contributed by atoms with Gasteiger partial charge in [0.05, 0.1) is 40.4 Å². The zero-order valence-corrected chi connectivity index (χ0v) is 12.3. The Balaban J connectivity index is 1.96. The number of rotatable bonds is 4. The van der Waals surface area contributed by atoms with Crippen molar-refractivity contribution in [3.8, 4) is 10.6 Å². The fourth-order valence-electron chi connectivity index (χ4n) is 1.89. The molecule has 0 spiro atoms. The van der Waals surface area contributed by atoms with Gasteiger partial charge in [-0.3, -0.25) is 14.8 Å². The normalized spacial score (nSPS) is 10.3. The van der Waals surface area contributed by atoms with E-state index < -0.39 is 11.9 Å². The molecule has 0 aliphatic rings. The van der Waals surface area contributed by atoms with Crippen molar-refractivity contribution >= 4 is 28.9 Å². The summed E-state index contributed by atoms with van der Waals surface area (Å²) in [5, 5.41) is 20.8. The molecular formula is C14H9N5O3S. The van der Waals surface area contributed by atoms with Crippen LogP contribution >= 0.6 is 11.3 Å². The minimum absolute atomic E-state index is 0.0223. The van der Waals surface area contributed by atoms with Gasteiger partial charge in [-0.2, -0.15) is 10.2 Å². The number of anilines is 1. The Morgan fingerprint density at radius 3 is 2.65 bits per heavy atom. The fourth-order valence-corrected chi connectivity index (χ4v) is 2.84. The van der Waals surface area contributed by atoms with E-state index in [1.54, 1.807) is 5.38 Å². The van der Waals surface area contributed by atoms with Crippen LogP contribution in [-0.4, -0.2) is 37.1 Å². The average molecular weight is 327 g/mol. The van der Waals surface area contributed by atoms with Gasteiger partial charge in [-0.15, -0.1) is 11.3 Å².